The molecule has 4 N–H and O–H groups in total. The Morgan fingerprint density at radius 3 is 2.54 bits per heavy atom. The van der Waals surface area contributed by atoms with Crippen LogP contribution in [0, 0.1) is 0 Å². The second-order valence-electron chi connectivity index (χ2n) is 5.42. The third-order valence-corrected chi connectivity index (χ3v) is 3.59. The van der Waals surface area contributed by atoms with Crippen LogP contribution in [0.15, 0.2) is 66.7 Å². The Bertz CT molecular complexity index is 864. The lowest BCUT2D eigenvalue weighted by atomic mass is 10.1. The normalized spacial score (nSPS) is 11.9. The highest BCUT2D eigenvalue weighted by Crippen LogP contribution is 2.27. The van der Waals surface area contributed by atoms with E-state index in [0.29, 0.717) is 17.2 Å². The van der Waals surface area contributed by atoms with Crippen molar-refractivity contribution in [3.63, 3.8) is 0 Å². The molecule has 0 heterocycles. The second-order valence-corrected chi connectivity index (χ2v) is 5.42. The van der Waals surface area contributed by atoms with Gasteiger partial charge in [-0.3, -0.25) is 4.79 Å². The smallest absolute Gasteiger partial charge is 0.243 e. The highest BCUT2D eigenvalue weighted by atomic mass is 16.5. The summed E-state index contributed by atoms with van der Waals surface area (Å²) in [6.07, 6.45) is 0. The predicted octanol–water partition coefficient (Wildman–Crippen LogP) is 2.89. The first kappa shape index (κ1) is 16.0. The summed E-state index contributed by atoms with van der Waals surface area (Å²) in [4.78, 5) is 11.7. The number of nitrogens with two attached hydrogens (primary N) is 1. The van der Waals surface area contributed by atoms with Crippen LogP contribution in [0.1, 0.15) is 0 Å². The summed E-state index contributed by atoms with van der Waals surface area (Å²) in [5.41, 5.74) is 6.04. The molecule has 3 aromatic rings. The number of aliphatic hydroxyl groups is 1. The molecule has 5 nitrogen and oxygen atoms in total. The van der Waals surface area contributed by atoms with Crippen molar-refractivity contribution < 1.29 is 14.6 Å². The van der Waals surface area contributed by atoms with Crippen molar-refractivity contribution in [1.29, 1.82) is 0 Å². The third-order valence-electron chi connectivity index (χ3n) is 3.59. The fourth-order valence-corrected chi connectivity index (χ4v) is 2.32. The van der Waals surface area contributed by atoms with Gasteiger partial charge in [0.2, 0.25) is 5.91 Å². The number of benzene rings is 3. The van der Waals surface area contributed by atoms with Crippen molar-refractivity contribution in [1.82, 2.24) is 0 Å². The van der Waals surface area contributed by atoms with Crippen LogP contribution in [0.4, 0.5) is 5.69 Å². The van der Waals surface area contributed by atoms with Crippen molar-refractivity contribution in [2.45, 2.75) is 6.04 Å². The minimum Gasteiger partial charge on any atom is -0.457 e. The second kappa shape index (κ2) is 7.12. The number of carbonyl (C=O) groups excluding carboxylic acids is 1. The monoisotopic (exact) mass is 322 g/mol. The van der Waals surface area contributed by atoms with E-state index >= 15 is 0 Å². The van der Waals surface area contributed by atoms with Crippen LogP contribution in [0.5, 0.6) is 11.5 Å². The van der Waals surface area contributed by atoms with Gasteiger partial charge < -0.3 is 20.9 Å². The highest BCUT2D eigenvalue weighted by Gasteiger charge is 2.12. The summed E-state index contributed by atoms with van der Waals surface area (Å²) in [6, 6.07) is 20.0. The number of anilines is 1. The zero-order valence-electron chi connectivity index (χ0n) is 13.0. The predicted molar refractivity (Wildman–Crippen MR) is 94.2 cm³/mol. The first-order valence-electron chi connectivity index (χ1n) is 7.60. The largest absolute Gasteiger partial charge is 0.457 e. The van der Waals surface area contributed by atoms with Gasteiger partial charge >= 0.3 is 0 Å². The molecule has 0 aliphatic heterocycles. The average molecular weight is 322 g/mol. The summed E-state index contributed by atoms with van der Waals surface area (Å²) in [6.45, 7) is -0.404. The number of ether oxygens (including phenoxy) is 1. The summed E-state index contributed by atoms with van der Waals surface area (Å²) in [7, 11) is 0. The van der Waals surface area contributed by atoms with E-state index in [-0.39, 0.29) is 0 Å². The van der Waals surface area contributed by atoms with Crippen molar-refractivity contribution in [3.05, 3.63) is 66.7 Å². The number of rotatable bonds is 5. The van der Waals surface area contributed by atoms with Crippen LogP contribution >= 0.6 is 0 Å². The zero-order valence-corrected chi connectivity index (χ0v) is 13.0. The van der Waals surface area contributed by atoms with E-state index in [1.165, 1.54) is 0 Å². The van der Waals surface area contributed by atoms with Crippen LogP contribution in [0.25, 0.3) is 10.8 Å². The van der Waals surface area contributed by atoms with Crippen LogP contribution in [0.2, 0.25) is 0 Å². The number of aliphatic hydroxyl groups excluding tert-OH is 1. The van der Waals surface area contributed by atoms with Gasteiger partial charge in [0.05, 0.1) is 6.61 Å². The van der Waals surface area contributed by atoms with Gasteiger partial charge in [0.15, 0.2) is 0 Å². The van der Waals surface area contributed by atoms with Gasteiger partial charge in [0, 0.05) is 11.8 Å². The Balaban J connectivity index is 1.77. The molecule has 122 valence electrons. The highest BCUT2D eigenvalue weighted by molar-refractivity contribution is 5.94. The van der Waals surface area contributed by atoms with E-state index in [4.69, 9.17) is 15.6 Å². The molecule has 0 bridgehead atoms. The van der Waals surface area contributed by atoms with Gasteiger partial charge in [-0.05, 0) is 35.0 Å². The van der Waals surface area contributed by atoms with Crippen LogP contribution < -0.4 is 15.8 Å². The average Bonchev–Trinajstić information content (AvgIpc) is 2.61. The Kier molecular flexibility index (Phi) is 4.74. The molecule has 0 saturated heterocycles. The van der Waals surface area contributed by atoms with Crippen molar-refractivity contribution in [2.24, 2.45) is 5.73 Å². The number of carbonyl (C=O) groups is 1. The topological polar surface area (TPSA) is 84.6 Å². The quantitative estimate of drug-likeness (QED) is 0.674. The molecular formula is C19H18N2O3. The zero-order chi connectivity index (χ0) is 16.9. The van der Waals surface area contributed by atoms with Crippen molar-refractivity contribution in [2.75, 3.05) is 11.9 Å². The molecule has 0 saturated carbocycles. The molecule has 1 atom stereocenters. The molecule has 3 rings (SSSR count). The number of hydrogen-bond donors (Lipinski definition) is 3. The van der Waals surface area contributed by atoms with Gasteiger partial charge in [0.1, 0.15) is 17.5 Å². The lowest BCUT2D eigenvalue weighted by Crippen LogP contribution is -2.38. The minimum absolute atomic E-state index is 0.404. The Morgan fingerprint density at radius 2 is 1.75 bits per heavy atom. The van der Waals surface area contributed by atoms with Gasteiger partial charge in [-0.1, -0.05) is 36.4 Å². The Labute approximate surface area is 139 Å². The van der Waals surface area contributed by atoms with Gasteiger partial charge in [-0.2, -0.15) is 0 Å². The van der Waals surface area contributed by atoms with Crippen LogP contribution in [-0.2, 0) is 4.79 Å². The number of hydrogen-bond acceptors (Lipinski definition) is 4. The number of amides is 1. The molecule has 0 spiro atoms. The Morgan fingerprint density at radius 1 is 1.00 bits per heavy atom. The molecule has 0 aromatic heterocycles. The van der Waals surface area contributed by atoms with E-state index in [1.54, 1.807) is 24.3 Å². The van der Waals surface area contributed by atoms with E-state index in [2.05, 4.69) is 5.32 Å². The van der Waals surface area contributed by atoms with E-state index in [0.717, 1.165) is 10.8 Å². The fourth-order valence-electron chi connectivity index (χ4n) is 2.32. The molecule has 0 unspecified atom stereocenters. The van der Waals surface area contributed by atoms with E-state index < -0.39 is 18.6 Å². The fraction of sp³-hybridized carbons (Fsp3) is 0.105. The first-order valence-corrected chi connectivity index (χ1v) is 7.60. The summed E-state index contributed by atoms with van der Waals surface area (Å²) in [5.74, 6) is 0.866. The van der Waals surface area contributed by atoms with E-state index in [9.17, 15) is 4.79 Å². The molecule has 0 aliphatic rings. The molecule has 3 aromatic carbocycles. The third kappa shape index (κ3) is 3.71. The van der Waals surface area contributed by atoms with Crippen molar-refractivity contribution >= 4 is 22.4 Å². The maximum atomic E-state index is 11.7. The van der Waals surface area contributed by atoms with Gasteiger partial charge in [-0.25, -0.2) is 0 Å². The summed E-state index contributed by atoms with van der Waals surface area (Å²) < 4.78 is 5.86. The van der Waals surface area contributed by atoms with Crippen LogP contribution in [-0.4, -0.2) is 23.7 Å². The molecule has 5 heteroatoms. The SMILES string of the molecule is N[C@H](CO)C(=O)Nc1cccc(Oc2ccc3ccccc3c2)c1. The van der Waals surface area contributed by atoms with Crippen molar-refractivity contribution in [3.8, 4) is 11.5 Å². The van der Waals surface area contributed by atoms with E-state index in [1.807, 2.05) is 42.5 Å². The molecule has 24 heavy (non-hydrogen) atoms. The molecule has 0 aliphatic carbocycles. The lowest BCUT2D eigenvalue weighted by molar-refractivity contribution is -0.118. The maximum absolute atomic E-state index is 11.7. The number of fused-ring (bicyclic) bond motifs is 1. The molecular weight excluding hydrogens is 304 g/mol. The number of nitrogens with one attached hydrogen (secondary N) is 1. The summed E-state index contributed by atoms with van der Waals surface area (Å²) in [5, 5.41) is 13.8. The molecule has 0 radical (unpaired) electrons. The maximum Gasteiger partial charge on any atom is 0.243 e. The first-order chi connectivity index (χ1) is 11.7. The van der Waals surface area contributed by atoms with Gasteiger partial charge in [0.25, 0.3) is 0 Å². The molecule has 1 amide bonds. The molecule has 0 fully saturated rings. The minimum atomic E-state index is -0.949. The van der Waals surface area contributed by atoms with Crippen LogP contribution in [0.3, 0.4) is 0 Å². The Hall–Kier alpha value is -2.89. The standard InChI is InChI=1S/C19H18N2O3/c20-18(12-22)19(23)21-15-6-3-7-16(11-15)24-17-9-8-13-4-1-2-5-14(13)10-17/h1-11,18,22H,12,20H2,(H,21,23)/t18-/m1/s1. The van der Waals surface area contributed by atoms with Gasteiger partial charge in [-0.15, -0.1) is 0 Å². The lowest BCUT2D eigenvalue weighted by Gasteiger charge is -2.11. The summed E-state index contributed by atoms with van der Waals surface area (Å²) >= 11 is 0.